The maximum absolute atomic E-state index is 12.6. The number of carbonyl (C=O) groups excluding carboxylic acids is 1. The summed E-state index contributed by atoms with van der Waals surface area (Å²) >= 11 is 0. The minimum Gasteiger partial charge on any atom is -0.489 e. The van der Waals surface area contributed by atoms with Gasteiger partial charge in [-0.2, -0.15) is 0 Å². The predicted molar refractivity (Wildman–Crippen MR) is 105 cm³/mol. The number of hydrogen-bond acceptors (Lipinski definition) is 4. The maximum Gasteiger partial charge on any atom is 0.414 e. The van der Waals surface area contributed by atoms with Crippen molar-refractivity contribution in [2.24, 2.45) is 0 Å². The van der Waals surface area contributed by atoms with Crippen molar-refractivity contribution in [1.82, 2.24) is 0 Å². The number of aliphatic hydroxyl groups excluding tert-OH is 1. The number of aliphatic hydroxyl groups is 1. The van der Waals surface area contributed by atoms with E-state index in [0.29, 0.717) is 18.9 Å². The van der Waals surface area contributed by atoms with Crippen LogP contribution in [-0.2, 0) is 11.3 Å². The molecule has 2 unspecified atom stereocenters. The maximum atomic E-state index is 12.6. The quantitative estimate of drug-likeness (QED) is 0.863. The topological polar surface area (TPSA) is 59.0 Å². The molecule has 2 atom stereocenters. The van der Waals surface area contributed by atoms with E-state index >= 15 is 0 Å². The van der Waals surface area contributed by atoms with Crippen molar-refractivity contribution in [3.8, 4) is 5.75 Å². The second-order valence-corrected chi connectivity index (χ2v) is 7.93. The van der Waals surface area contributed by atoms with Crippen molar-refractivity contribution in [2.45, 2.75) is 51.9 Å². The van der Waals surface area contributed by atoms with Crippen molar-refractivity contribution in [3.63, 3.8) is 0 Å². The van der Waals surface area contributed by atoms with Gasteiger partial charge in [-0.05, 0) is 57.0 Å². The number of rotatable bonds is 4. The van der Waals surface area contributed by atoms with Gasteiger partial charge < -0.3 is 14.6 Å². The van der Waals surface area contributed by atoms with Gasteiger partial charge in [-0.25, -0.2) is 4.79 Å². The van der Waals surface area contributed by atoms with Crippen LogP contribution in [0.3, 0.4) is 0 Å². The van der Waals surface area contributed by atoms with Crippen LogP contribution >= 0.6 is 0 Å². The number of nitrogens with zero attached hydrogens (tertiary/aromatic N) is 1. The first kappa shape index (κ1) is 19.2. The van der Waals surface area contributed by atoms with Crippen LogP contribution in [-0.4, -0.2) is 29.4 Å². The Hall–Kier alpha value is -2.53. The summed E-state index contributed by atoms with van der Waals surface area (Å²) in [5.74, 6) is 0.544. The van der Waals surface area contributed by atoms with Gasteiger partial charge in [0.25, 0.3) is 0 Å². The Morgan fingerprint density at radius 1 is 1.22 bits per heavy atom. The average Bonchev–Trinajstić information content (AvgIpc) is 2.98. The molecule has 1 aliphatic heterocycles. The Balaban J connectivity index is 1.81. The van der Waals surface area contributed by atoms with Crippen molar-refractivity contribution in [2.75, 3.05) is 11.4 Å². The molecule has 27 heavy (non-hydrogen) atoms. The lowest BCUT2D eigenvalue weighted by Gasteiger charge is -2.25. The van der Waals surface area contributed by atoms with Gasteiger partial charge in [0.1, 0.15) is 18.0 Å². The first-order valence-electron chi connectivity index (χ1n) is 9.24. The monoisotopic (exact) mass is 369 g/mol. The van der Waals surface area contributed by atoms with Crippen molar-refractivity contribution >= 4 is 11.8 Å². The molecule has 0 aliphatic carbocycles. The molecular weight excluding hydrogens is 342 g/mol. The van der Waals surface area contributed by atoms with Crippen molar-refractivity contribution < 1.29 is 19.4 Å². The lowest BCUT2D eigenvalue weighted by molar-refractivity contribution is 0.0577. The smallest absolute Gasteiger partial charge is 0.414 e. The van der Waals surface area contributed by atoms with E-state index in [-0.39, 0.29) is 5.92 Å². The highest BCUT2D eigenvalue weighted by atomic mass is 16.6. The fourth-order valence-corrected chi connectivity index (χ4v) is 3.20. The van der Waals surface area contributed by atoms with E-state index in [9.17, 15) is 9.90 Å². The number of fused-ring (bicyclic) bond motifs is 1. The zero-order chi connectivity index (χ0) is 19.6. The van der Waals surface area contributed by atoms with Crippen LogP contribution in [0.5, 0.6) is 5.75 Å². The minimum absolute atomic E-state index is 0.173. The first-order chi connectivity index (χ1) is 12.7. The molecule has 0 aromatic heterocycles. The Bertz CT molecular complexity index is 796. The van der Waals surface area contributed by atoms with Gasteiger partial charge in [0, 0.05) is 12.5 Å². The second kappa shape index (κ2) is 7.61. The lowest BCUT2D eigenvalue weighted by Crippen LogP contribution is -2.37. The van der Waals surface area contributed by atoms with Gasteiger partial charge in [-0.1, -0.05) is 30.3 Å². The van der Waals surface area contributed by atoms with E-state index in [0.717, 1.165) is 16.8 Å². The van der Waals surface area contributed by atoms with Gasteiger partial charge in [0.2, 0.25) is 0 Å². The average molecular weight is 369 g/mol. The molecular formula is C22H27NO4. The molecule has 0 radical (unpaired) electrons. The number of amides is 1. The van der Waals surface area contributed by atoms with Crippen molar-refractivity contribution in [1.29, 1.82) is 0 Å². The number of hydrogen-bond donors (Lipinski definition) is 1. The van der Waals surface area contributed by atoms with E-state index in [1.54, 1.807) is 11.8 Å². The number of anilines is 1. The van der Waals surface area contributed by atoms with Crippen molar-refractivity contribution in [3.05, 3.63) is 59.7 Å². The van der Waals surface area contributed by atoms with Crippen LogP contribution in [0.1, 0.15) is 44.7 Å². The largest absolute Gasteiger partial charge is 0.489 e. The van der Waals surface area contributed by atoms with Crippen LogP contribution in [0.25, 0.3) is 0 Å². The van der Waals surface area contributed by atoms with E-state index in [4.69, 9.17) is 9.47 Å². The molecule has 5 nitrogen and oxygen atoms in total. The highest BCUT2D eigenvalue weighted by Crippen LogP contribution is 2.41. The predicted octanol–water partition coefficient (Wildman–Crippen LogP) is 4.49. The summed E-state index contributed by atoms with van der Waals surface area (Å²) in [5, 5.41) is 10.2. The van der Waals surface area contributed by atoms with E-state index < -0.39 is 17.8 Å². The lowest BCUT2D eigenvalue weighted by atomic mass is 9.96. The third-order valence-corrected chi connectivity index (χ3v) is 4.51. The Morgan fingerprint density at radius 2 is 1.93 bits per heavy atom. The van der Waals surface area contributed by atoms with Crippen LogP contribution in [0, 0.1) is 0 Å². The Kier molecular flexibility index (Phi) is 5.42. The Labute approximate surface area is 160 Å². The van der Waals surface area contributed by atoms with Gasteiger partial charge in [0.15, 0.2) is 0 Å². The zero-order valence-corrected chi connectivity index (χ0v) is 16.3. The van der Waals surface area contributed by atoms with Crippen LogP contribution in [0.2, 0.25) is 0 Å². The molecule has 0 bridgehead atoms. The SMILES string of the molecule is CC(O)C1CN(C(=O)OC(C)(C)C)c2ccc(OCc3ccccc3)cc21. The molecule has 0 saturated heterocycles. The molecule has 2 aromatic rings. The Morgan fingerprint density at radius 3 is 2.56 bits per heavy atom. The number of carbonyl (C=O) groups is 1. The fourth-order valence-electron chi connectivity index (χ4n) is 3.20. The molecule has 1 N–H and O–H groups in total. The van der Waals surface area contributed by atoms with Crippen LogP contribution in [0.4, 0.5) is 10.5 Å². The summed E-state index contributed by atoms with van der Waals surface area (Å²) < 4.78 is 11.4. The molecule has 3 rings (SSSR count). The first-order valence-corrected chi connectivity index (χ1v) is 9.24. The van der Waals surface area contributed by atoms with Gasteiger partial charge in [-0.3, -0.25) is 4.90 Å². The summed E-state index contributed by atoms with van der Waals surface area (Å²) in [6.07, 6.45) is -0.981. The highest BCUT2D eigenvalue weighted by molar-refractivity contribution is 5.91. The fraction of sp³-hybridized carbons (Fsp3) is 0.409. The van der Waals surface area contributed by atoms with E-state index in [2.05, 4.69) is 0 Å². The van der Waals surface area contributed by atoms with E-state index in [1.807, 2.05) is 69.3 Å². The third-order valence-electron chi connectivity index (χ3n) is 4.51. The second-order valence-electron chi connectivity index (χ2n) is 7.93. The summed E-state index contributed by atoms with van der Waals surface area (Å²) in [6, 6.07) is 15.6. The standard InChI is InChI=1S/C22H27NO4/c1-15(24)19-13-23(21(25)27-22(2,3)4)20-11-10-17(12-18(19)20)26-14-16-8-6-5-7-9-16/h5-12,15,19,24H,13-14H2,1-4H3. The molecule has 1 aliphatic rings. The molecule has 0 saturated carbocycles. The zero-order valence-electron chi connectivity index (χ0n) is 16.3. The molecule has 2 aromatic carbocycles. The van der Waals surface area contributed by atoms with Gasteiger partial charge in [0.05, 0.1) is 11.8 Å². The molecule has 1 heterocycles. The minimum atomic E-state index is -0.583. The molecule has 1 amide bonds. The summed E-state index contributed by atoms with van der Waals surface area (Å²) in [7, 11) is 0. The van der Waals surface area contributed by atoms with Crippen LogP contribution in [0.15, 0.2) is 48.5 Å². The van der Waals surface area contributed by atoms with Gasteiger partial charge >= 0.3 is 6.09 Å². The molecule has 5 heteroatoms. The summed E-state index contributed by atoms with van der Waals surface area (Å²) in [6.45, 7) is 8.13. The highest BCUT2D eigenvalue weighted by Gasteiger charge is 2.37. The number of benzene rings is 2. The molecule has 0 spiro atoms. The third kappa shape index (κ3) is 4.61. The number of ether oxygens (including phenoxy) is 2. The summed E-state index contributed by atoms with van der Waals surface area (Å²) in [5.41, 5.74) is 2.18. The molecule has 144 valence electrons. The van der Waals surface area contributed by atoms with E-state index in [1.165, 1.54) is 0 Å². The normalized spacial score (nSPS) is 17.4. The summed E-state index contributed by atoms with van der Waals surface area (Å²) in [4.78, 5) is 14.2. The van der Waals surface area contributed by atoms with Gasteiger partial charge in [-0.15, -0.1) is 0 Å². The van der Waals surface area contributed by atoms with Crippen LogP contribution < -0.4 is 9.64 Å². The molecule has 0 fully saturated rings.